The summed E-state index contributed by atoms with van der Waals surface area (Å²) < 4.78 is 26.3. The van der Waals surface area contributed by atoms with Crippen molar-refractivity contribution in [2.24, 2.45) is 0 Å². The third kappa shape index (κ3) is 2.81. The van der Waals surface area contributed by atoms with Gasteiger partial charge in [0.1, 0.15) is 0 Å². The molecule has 0 atom stereocenters. The van der Waals surface area contributed by atoms with E-state index in [4.69, 9.17) is 0 Å². The largest absolute Gasteiger partial charge is 0.378 e. The molecule has 0 aliphatic heterocycles. The van der Waals surface area contributed by atoms with Gasteiger partial charge in [0.05, 0.1) is 5.69 Å². The molecule has 1 rings (SSSR count). The number of benzene rings is 1. The molecule has 0 amide bonds. The highest BCUT2D eigenvalue weighted by Gasteiger charge is 2.05. The lowest BCUT2D eigenvalue weighted by Crippen LogP contribution is -2.03. The lowest BCUT2D eigenvalue weighted by atomic mass is 10.3. The van der Waals surface area contributed by atoms with E-state index < -0.39 is 11.6 Å². The second-order valence-corrected chi connectivity index (χ2v) is 3.59. The second kappa shape index (κ2) is 4.37. The SMILES string of the molecule is C=C(Br)CNc1cccc(F)c1F. The fourth-order valence-electron chi connectivity index (χ4n) is 0.831. The quantitative estimate of drug-likeness (QED) is 0.865. The average Bonchev–Trinajstić information content (AvgIpc) is 2.07. The van der Waals surface area contributed by atoms with Gasteiger partial charge in [-0.25, -0.2) is 8.78 Å². The highest BCUT2D eigenvalue weighted by atomic mass is 79.9. The van der Waals surface area contributed by atoms with E-state index in [0.29, 0.717) is 11.0 Å². The maximum Gasteiger partial charge on any atom is 0.181 e. The van der Waals surface area contributed by atoms with Crippen LogP contribution in [0.3, 0.4) is 0 Å². The van der Waals surface area contributed by atoms with Gasteiger partial charge in [-0.1, -0.05) is 28.6 Å². The maximum atomic E-state index is 13.0. The van der Waals surface area contributed by atoms with Crippen LogP contribution in [0.25, 0.3) is 0 Å². The molecule has 4 heteroatoms. The van der Waals surface area contributed by atoms with E-state index in [-0.39, 0.29) is 5.69 Å². The lowest BCUT2D eigenvalue weighted by molar-refractivity contribution is 0.511. The number of hydrogen-bond acceptors (Lipinski definition) is 1. The Morgan fingerprint density at radius 1 is 1.46 bits per heavy atom. The first-order valence-electron chi connectivity index (χ1n) is 3.62. The van der Waals surface area contributed by atoms with E-state index in [1.165, 1.54) is 12.1 Å². The molecule has 1 aromatic rings. The fourth-order valence-corrected chi connectivity index (χ4v) is 0.972. The molecule has 1 aromatic carbocycles. The van der Waals surface area contributed by atoms with Crippen molar-refractivity contribution in [3.05, 3.63) is 40.9 Å². The normalized spacial score (nSPS) is 9.77. The zero-order valence-corrected chi connectivity index (χ0v) is 8.37. The Morgan fingerprint density at radius 3 is 2.77 bits per heavy atom. The summed E-state index contributed by atoms with van der Waals surface area (Å²) in [6.07, 6.45) is 0. The van der Waals surface area contributed by atoms with Crippen molar-refractivity contribution in [1.29, 1.82) is 0 Å². The monoisotopic (exact) mass is 247 g/mol. The zero-order valence-electron chi connectivity index (χ0n) is 6.78. The molecule has 0 aliphatic carbocycles. The first-order valence-corrected chi connectivity index (χ1v) is 4.41. The Morgan fingerprint density at radius 2 is 2.15 bits per heavy atom. The number of halogens is 3. The number of hydrogen-bond donors (Lipinski definition) is 1. The standard InChI is InChI=1S/C9H8BrF2N/c1-6(10)5-13-8-4-2-3-7(11)9(8)12/h2-4,13H,1,5H2. The minimum Gasteiger partial charge on any atom is -0.378 e. The third-order valence-electron chi connectivity index (χ3n) is 1.42. The number of rotatable bonds is 3. The van der Waals surface area contributed by atoms with Crippen LogP contribution < -0.4 is 5.32 Å². The Bertz CT molecular complexity index is 325. The van der Waals surface area contributed by atoms with Crippen LogP contribution in [0.4, 0.5) is 14.5 Å². The first-order chi connectivity index (χ1) is 6.11. The second-order valence-electron chi connectivity index (χ2n) is 2.47. The Labute approximate surface area is 83.6 Å². The predicted molar refractivity (Wildman–Crippen MR) is 52.9 cm³/mol. The van der Waals surface area contributed by atoms with Crippen molar-refractivity contribution in [2.45, 2.75) is 0 Å². The van der Waals surface area contributed by atoms with Gasteiger partial charge in [-0.05, 0) is 12.1 Å². The maximum absolute atomic E-state index is 13.0. The van der Waals surface area contributed by atoms with Gasteiger partial charge in [0, 0.05) is 11.0 Å². The van der Waals surface area contributed by atoms with Gasteiger partial charge in [0.2, 0.25) is 0 Å². The van der Waals surface area contributed by atoms with Crippen LogP contribution in [0.1, 0.15) is 0 Å². The molecule has 0 saturated carbocycles. The summed E-state index contributed by atoms with van der Waals surface area (Å²) in [5, 5.41) is 2.69. The minimum atomic E-state index is -0.865. The Kier molecular flexibility index (Phi) is 3.42. The van der Waals surface area contributed by atoms with E-state index in [1.807, 2.05) is 0 Å². The predicted octanol–water partition coefficient (Wildman–Crippen LogP) is 3.29. The van der Waals surface area contributed by atoms with Gasteiger partial charge in [-0.15, -0.1) is 0 Å². The molecule has 0 spiro atoms. The van der Waals surface area contributed by atoms with Gasteiger partial charge in [-0.3, -0.25) is 0 Å². The van der Waals surface area contributed by atoms with E-state index >= 15 is 0 Å². The van der Waals surface area contributed by atoms with Crippen LogP contribution in [0.15, 0.2) is 29.3 Å². The van der Waals surface area contributed by atoms with Crippen molar-refractivity contribution < 1.29 is 8.78 Å². The van der Waals surface area contributed by atoms with Gasteiger partial charge >= 0.3 is 0 Å². The van der Waals surface area contributed by atoms with Gasteiger partial charge in [-0.2, -0.15) is 0 Å². The Balaban J connectivity index is 2.77. The third-order valence-corrected chi connectivity index (χ3v) is 1.70. The average molecular weight is 248 g/mol. The molecule has 70 valence electrons. The summed E-state index contributed by atoms with van der Waals surface area (Å²) in [7, 11) is 0. The molecule has 0 unspecified atom stereocenters. The van der Waals surface area contributed by atoms with Crippen LogP contribution in [-0.2, 0) is 0 Å². The fraction of sp³-hybridized carbons (Fsp3) is 0.111. The summed E-state index contributed by atoms with van der Waals surface area (Å²) in [6, 6.07) is 3.98. The van der Waals surface area contributed by atoms with Crippen LogP contribution in [-0.4, -0.2) is 6.54 Å². The molecular formula is C9H8BrF2N. The summed E-state index contributed by atoms with van der Waals surface area (Å²) in [5.41, 5.74) is 0.139. The van der Waals surface area contributed by atoms with Crippen molar-refractivity contribution in [2.75, 3.05) is 11.9 Å². The van der Waals surface area contributed by atoms with E-state index in [9.17, 15) is 8.78 Å². The lowest BCUT2D eigenvalue weighted by Gasteiger charge is -2.06. The van der Waals surface area contributed by atoms with Crippen LogP contribution in [0.2, 0.25) is 0 Å². The van der Waals surface area contributed by atoms with Crippen LogP contribution >= 0.6 is 15.9 Å². The molecule has 0 bridgehead atoms. The molecule has 1 N–H and O–H groups in total. The van der Waals surface area contributed by atoms with Crippen molar-refractivity contribution in [3.8, 4) is 0 Å². The van der Waals surface area contributed by atoms with Crippen molar-refractivity contribution >= 4 is 21.6 Å². The molecule has 0 radical (unpaired) electrons. The summed E-state index contributed by atoms with van der Waals surface area (Å²) in [4.78, 5) is 0. The van der Waals surface area contributed by atoms with Crippen molar-refractivity contribution in [1.82, 2.24) is 0 Å². The first kappa shape index (κ1) is 10.2. The number of anilines is 1. The van der Waals surface area contributed by atoms with Crippen LogP contribution in [0, 0.1) is 11.6 Å². The number of nitrogens with one attached hydrogen (secondary N) is 1. The molecule has 0 saturated heterocycles. The molecule has 0 aliphatic rings. The molecule has 0 fully saturated rings. The molecule has 0 aromatic heterocycles. The van der Waals surface area contributed by atoms with Gasteiger partial charge in [0.25, 0.3) is 0 Å². The highest BCUT2D eigenvalue weighted by Crippen LogP contribution is 2.17. The summed E-state index contributed by atoms with van der Waals surface area (Å²) >= 11 is 3.10. The van der Waals surface area contributed by atoms with E-state index in [1.54, 1.807) is 0 Å². The summed E-state index contributed by atoms with van der Waals surface area (Å²) in [5.74, 6) is -1.72. The zero-order chi connectivity index (χ0) is 9.84. The summed E-state index contributed by atoms with van der Waals surface area (Å²) in [6.45, 7) is 3.92. The van der Waals surface area contributed by atoms with Gasteiger partial charge < -0.3 is 5.32 Å². The highest BCUT2D eigenvalue weighted by molar-refractivity contribution is 9.11. The molecular weight excluding hydrogens is 240 g/mol. The molecule has 1 nitrogen and oxygen atoms in total. The van der Waals surface area contributed by atoms with Crippen molar-refractivity contribution in [3.63, 3.8) is 0 Å². The van der Waals surface area contributed by atoms with Gasteiger partial charge in [0.15, 0.2) is 11.6 Å². The van der Waals surface area contributed by atoms with E-state index in [2.05, 4.69) is 27.8 Å². The Hall–Kier alpha value is -0.900. The van der Waals surface area contributed by atoms with E-state index in [0.717, 1.165) is 6.07 Å². The van der Waals surface area contributed by atoms with Crippen LogP contribution in [0.5, 0.6) is 0 Å². The minimum absolute atomic E-state index is 0.139. The molecule has 13 heavy (non-hydrogen) atoms. The smallest absolute Gasteiger partial charge is 0.181 e. The molecule has 0 heterocycles. The topological polar surface area (TPSA) is 12.0 Å².